The number of ether oxygens (including phenoxy) is 1. The molecule has 0 saturated heterocycles. The van der Waals surface area contributed by atoms with Crippen molar-refractivity contribution in [3.63, 3.8) is 0 Å². The van der Waals surface area contributed by atoms with E-state index < -0.39 is 23.8 Å². The van der Waals surface area contributed by atoms with E-state index in [0.717, 1.165) is 16.7 Å². The van der Waals surface area contributed by atoms with Crippen molar-refractivity contribution in [1.82, 2.24) is 0 Å². The molecular formula is C10H5F3NO3+. The fourth-order valence-corrected chi connectivity index (χ4v) is 1.48. The summed E-state index contributed by atoms with van der Waals surface area (Å²) in [6.45, 7) is 3.31. The van der Waals surface area contributed by atoms with E-state index >= 15 is 0 Å². The first-order valence-corrected chi connectivity index (χ1v) is 4.38. The molecule has 0 aliphatic carbocycles. The van der Waals surface area contributed by atoms with Crippen LogP contribution in [-0.4, -0.2) is 29.3 Å². The number of hydrogen-bond acceptors (Lipinski definition) is 3. The Morgan fingerprint density at radius 1 is 1.24 bits per heavy atom. The highest BCUT2D eigenvalue weighted by atomic mass is 19.4. The zero-order valence-corrected chi connectivity index (χ0v) is 8.25. The van der Waals surface area contributed by atoms with Crippen molar-refractivity contribution >= 4 is 24.1 Å². The number of benzene rings is 1. The zero-order chi connectivity index (χ0) is 12.8. The van der Waals surface area contributed by atoms with Gasteiger partial charge >= 0.3 is 18.1 Å². The van der Waals surface area contributed by atoms with Crippen molar-refractivity contribution in [3.8, 4) is 5.75 Å². The summed E-state index contributed by atoms with van der Waals surface area (Å²) >= 11 is 0. The summed E-state index contributed by atoms with van der Waals surface area (Å²) in [6, 6.07) is 3.05. The molecule has 1 amide bonds. The number of alkyl halides is 3. The molecule has 0 unspecified atom stereocenters. The first-order chi connectivity index (χ1) is 7.79. The summed E-state index contributed by atoms with van der Waals surface area (Å²) < 4.78 is 40.3. The summed E-state index contributed by atoms with van der Waals surface area (Å²) in [6.07, 6.45) is -4.84. The molecule has 0 aromatic heterocycles. The van der Waals surface area contributed by atoms with Gasteiger partial charge in [-0.1, -0.05) is 0 Å². The lowest BCUT2D eigenvalue weighted by Crippen LogP contribution is -2.17. The lowest BCUT2D eigenvalue weighted by molar-refractivity contribution is -0.346. The summed E-state index contributed by atoms with van der Waals surface area (Å²) in [5, 5.41) is 0. The Morgan fingerprint density at radius 2 is 1.88 bits per heavy atom. The summed E-state index contributed by atoms with van der Waals surface area (Å²) in [5.74, 6) is -2.33. The van der Waals surface area contributed by atoms with Gasteiger partial charge in [0, 0.05) is 6.07 Å². The molecule has 0 atom stereocenters. The van der Waals surface area contributed by atoms with Crippen LogP contribution in [0.5, 0.6) is 5.75 Å². The minimum absolute atomic E-state index is 0.147. The molecule has 4 nitrogen and oxygen atoms in total. The highest BCUT2D eigenvalue weighted by molar-refractivity contribution is 6.44. The van der Waals surface area contributed by atoms with Gasteiger partial charge in [0.25, 0.3) is 0 Å². The first-order valence-electron chi connectivity index (χ1n) is 4.38. The molecule has 1 aromatic rings. The number of fused-ring (bicyclic) bond motifs is 1. The van der Waals surface area contributed by atoms with Gasteiger partial charge in [-0.15, -0.1) is 17.7 Å². The SMILES string of the molecule is C=[N+]1C(=O)C(=O)c2cc(OC(F)(F)F)ccc21. The van der Waals surface area contributed by atoms with E-state index in [1.54, 1.807) is 0 Å². The zero-order valence-electron chi connectivity index (χ0n) is 8.25. The molecule has 0 saturated carbocycles. The lowest BCUT2D eigenvalue weighted by atomic mass is 10.1. The molecule has 0 N–H and O–H groups in total. The number of hydrogen-bond donors (Lipinski definition) is 0. The van der Waals surface area contributed by atoms with Crippen molar-refractivity contribution in [2.45, 2.75) is 6.36 Å². The average molecular weight is 244 g/mol. The molecule has 0 radical (unpaired) electrons. The van der Waals surface area contributed by atoms with E-state index in [1.807, 2.05) is 0 Å². The van der Waals surface area contributed by atoms with Crippen molar-refractivity contribution in [1.29, 1.82) is 0 Å². The summed E-state index contributed by atoms with van der Waals surface area (Å²) in [7, 11) is 0. The number of nitrogens with zero attached hydrogens (tertiary/aromatic N) is 1. The van der Waals surface area contributed by atoms with Crippen molar-refractivity contribution in [3.05, 3.63) is 23.8 Å². The molecule has 0 bridgehead atoms. The predicted molar refractivity (Wildman–Crippen MR) is 49.5 cm³/mol. The van der Waals surface area contributed by atoms with Crippen LogP contribution in [-0.2, 0) is 4.79 Å². The summed E-state index contributed by atoms with van der Waals surface area (Å²) in [4.78, 5) is 22.6. The van der Waals surface area contributed by atoms with E-state index in [1.165, 1.54) is 6.07 Å². The smallest absolute Gasteiger partial charge is 0.406 e. The maximum atomic E-state index is 11.9. The van der Waals surface area contributed by atoms with Crippen LogP contribution in [0.1, 0.15) is 10.4 Å². The second-order valence-corrected chi connectivity index (χ2v) is 3.29. The van der Waals surface area contributed by atoms with Crippen LogP contribution in [0, 0.1) is 0 Å². The van der Waals surface area contributed by atoms with E-state index in [2.05, 4.69) is 11.5 Å². The number of amides is 1. The van der Waals surface area contributed by atoms with Crippen LogP contribution >= 0.6 is 0 Å². The van der Waals surface area contributed by atoms with Crippen molar-refractivity contribution in [2.75, 3.05) is 0 Å². The topological polar surface area (TPSA) is 46.4 Å². The minimum Gasteiger partial charge on any atom is -0.406 e. The normalized spacial score (nSPS) is 15.1. The van der Waals surface area contributed by atoms with Crippen LogP contribution in [0.25, 0.3) is 0 Å². The Hall–Kier alpha value is -2.18. The van der Waals surface area contributed by atoms with Gasteiger partial charge in [0.2, 0.25) is 5.69 Å². The average Bonchev–Trinajstić information content (AvgIpc) is 2.42. The maximum Gasteiger partial charge on any atom is 0.573 e. The molecule has 1 heterocycles. The fourth-order valence-electron chi connectivity index (χ4n) is 1.48. The van der Waals surface area contributed by atoms with Gasteiger partial charge in [0.05, 0.1) is 0 Å². The molecule has 7 heteroatoms. The second-order valence-electron chi connectivity index (χ2n) is 3.29. The fraction of sp³-hybridized carbons (Fsp3) is 0.100. The molecule has 0 fully saturated rings. The molecular weight excluding hydrogens is 239 g/mol. The third-order valence-electron chi connectivity index (χ3n) is 2.18. The molecule has 88 valence electrons. The molecule has 0 spiro atoms. The molecule has 1 aliphatic rings. The van der Waals surface area contributed by atoms with Crippen LogP contribution in [0.15, 0.2) is 18.2 Å². The van der Waals surface area contributed by atoms with Crippen LogP contribution < -0.4 is 4.74 Å². The maximum absolute atomic E-state index is 11.9. The Kier molecular flexibility index (Phi) is 2.27. The number of carbonyl (C=O) groups is 2. The third kappa shape index (κ3) is 1.91. The second kappa shape index (κ2) is 3.41. The Labute approximate surface area is 92.9 Å². The van der Waals surface area contributed by atoms with E-state index in [9.17, 15) is 22.8 Å². The quantitative estimate of drug-likeness (QED) is 0.557. The standard InChI is InChI=1S/C10H5F3NO3/c1-14-7-3-2-5(17-10(11,12)13)4-6(7)8(15)9(14)16/h2-4H,1H2/q+1. The van der Waals surface area contributed by atoms with E-state index in [4.69, 9.17) is 0 Å². The van der Waals surface area contributed by atoms with Crippen LogP contribution in [0.2, 0.25) is 0 Å². The molecule has 2 rings (SSSR count). The van der Waals surface area contributed by atoms with E-state index in [-0.39, 0.29) is 11.3 Å². The van der Waals surface area contributed by atoms with Crippen LogP contribution in [0.4, 0.5) is 18.9 Å². The Balaban J connectivity index is 2.44. The van der Waals surface area contributed by atoms with Gasteiger partial charge in [-0.2, -0.15) is 0 Å². The first kappa shape index (κ1) is 11.3. The third-order valence-corrected chi connectivity index (χ3v) is 2.18. The molecule has 1 aromatic carbocycles. The minimum atomic E-state index is -4.84. The van der Waals surface area contributed by atoms with Gasteiger partial charge in [-0.25, -0.2) is 4.79 Å². The monoisotopic (exact) mass is 244 g/mol. The Morgan fingerprint density at radius 3 is 2.47 bits per heavy atom. The van der Waals surface area contributed by atoms with Crippen molar-refractivity contribution < 1.29 is 32.1 Å². The van der Waals surface area contributed by atoms with Gasteiger partial charge in [-0.05, 0) is 12.1 Å². The number of Topliss-reactive ketones (excluding diaryl/α,β-unsaturated/α-hetero) is 1. The lowest BCUT2D eigenvalue weighted by Gasteiger charge is -2.08. The van der Waals surface area contributed by atoms with Gasteiger partial charge in [-0.3, -0.25) is 4.79 Å². The highest BCUT2D eigenvalue weighted by Gasteiger charge is 2.42. The number of rotatable bonds is 1. The molecule has 1 aliphatic heterocycles. The molecule has 17 heavy (non-hydrogen) atoms. The summed E-state index contributed by atoms with van der Waals surface area (Å²) in [5.41, 5.74) is 0.0151. The van der Waals surface area contributed by atoms with Gasteiger partial charge < -0.3 is 4.74 Å². The Bertz CT molecular complexity index is 548. The number of carbonyl (C=O) groups excluding carboxylic acids is 2. The van der Waals surface area contributed by atoms with E-state index in [0.29, 0.717) is 0 Å². The predicted octanol–water partition coefficient (Wildman–Crippen LogP) is 1.65. The number of halogens is 3. The highest BCUT2D eigenvalue weighted by Crippen LogP contribution is 2.32. The van der Waals surface area contributed by atoms with Crippen LogP contribution in [0.3, 0.4) is 0 Å². The van der Waals surface area contributed by atoms with Gasteiger partial charge in [0.1, 0.15) is 18.0 Å². The number of ketones is 1. The van der Waals surface area contributed by atoms with Gasteiger partial charge in [0.15, 0.2) is 0 Å². The largest absolute Gasteiger partial charge is 0.573 e. The van der Waals surface area contributed by atoms with Crippen molar-refractivity contribution in [2.24, 2.45) is 0 Å².